The van der Waals surface area contributed by atoms with E-state index in [2.05, 4.69) is 12.2 Å². The Hall–Kier alpha value is 0.250. The van der Waals surface area contributed by atoms with Crippen molar-refractivity contribution in [1.29, 1.82) is 0 Å². The molecule has 0 atom stereocenters. The van der Waals surface area contributed by atoms with Gasteiger partial charge in [0.1, 0.15) is 0 Å². The fourth-order valence-electron chi connectivity index (χ4n) is 0.567. The summed E-state index contributed by atoms with van der Waals surface area (Å²) in [6.07, 6.45) is 3.84. The molecule has 0 fully saturated rings. The summed E-state index contributed by atoms with van der Waals surface area (Å²) in [5, 5.41) is 3.05. The molecule has 0 rings (SSSR count). The molecule has 0 aliphatic rings. The third-order valence-corrected chi connectivity index (χ3v) is 1.24. The quantitative estimate of drug-likeness (QED) is 0.345. The van der Waals surface area contributed by atoms with Crippen LogP contribution in [-0.4, -0.2) is 12.5 Å². The van der Waals surface area contributed by atoms with E-state index in [1.54, 1.807) is 0 Å². The van der Waals surface area contributed by atoms with E-state index in [1.807, 2.05) is 0 Å². The molecule has 1 nitrogen and oxygen atoms in total. The lowest BCUT2D eigenvalue weighted by atomic mass is 10.2. The Balaban J connectivity index is 2.53. The highest BCUT2D eigenvalue weighted by Gasteiger charge is 1.82. The van der Waals surface area contributed by atoms with Gasteiger partial charge in [-0.1, -0.05) is 19.8 Å². The minimum absolute atomic E-state index is 0.587. The highest BCUT2D eigenvalue weighted by atomic mass is 35.5. The number of rotatable bonds is 5. The van der Waals surface area contributed by atoms with E-state index in [9.17, 15) is 0 Å². The Labute approximate surface area is 56.4 Å². The Morgan fingerprint density at radius 1 is 1.38 bits per heavy atom. The van der Waals surface area contributed by atoms with Crippen LogP contribution < -0.4 is 5.32 Å². The van der Waals surface area contributed by atoms with E-state index in [1.165, 1.54) is 19.3 Å². The normalized spacial score (nSPS) is 9.75. The SMILES string of the molecule is CCCCCNCCl. The molecule has 8 heavy (non-hydrogen) atoms. The third-order valence-electron chi connectivity index (χ3n) is 1.05. The van der Waals surface area contributed by atoms with E-state index < -0.39 is 0 Å². The summed E-state index contributed by atoms with van der Waals surface area (Å²) >= 11 is 5.37. The second-order valence-corrected chi connectivity index (χ2v) is 2.11. The van der Waals surface area contributed by atoms with E-state index in [0.29, 0.717) is 6.00 Å². The van der Waals surface area contributed by atoms with E-state index in [-0.39, 0.29) is 0 Å². The van der Waals surface area contributed by atoms with Crippen LogP contribution in [0.2, 0.25) is 0 Å². The predicted molar refractivity (Wildman–Crippen MR) is 38.2 cm³/mol. The number of nitrogens with one attached hydrogen (secondary N) is 1. The lowest BCUT2D eigenvalue weighted by Crippen LogP contribution is -2.11. The second kappa shape index (κ2) is 7.25. The Bertz CT molecular complexity index is 33.5. The van der Waals surface area contributed by atoms with Gasteiger partial charge in [-0.2, -0.15) is 0 Å². The van der Waals surface area contributed by atoms with Crippen molar-refractivity contribution in [3.8, 4) is 0 Å². The number of halogens is 1. The van der Waals surface area contributed by atoms with Crippen molar-refractivity contribution in [1.82, 2.24) is 5.32 Å². The molecule has 50 valence electrons. The predicted octanol–water partition coefficient (Wildman–Crippen LogP) is 1.96. The van der Waals surface area contributed by atoms with Crippen molar-refractivity contribution in [2.24, 2.45) is 0 Å². The van der Waals surface area contributed by atoms with Gasteiger partial charge in [-0.25, -0.2) is 0 Å². The van der Waals surface area contributed by atoms with Crippen LogP contribution in [0, 0.1) is 0 Å². The lowest BCUT2D eigenvalue weighted by molar-refractivity contribution is 0.658. The van der Waals surface area contributed by atoms with E-state index >= 15 is 0 Å². The highest BCUT2D eigenvalue weighted by Crippen LogP contribution is 1.90. The van der Waals surface area contributed by atoms with Crippen molar-refractivity contribution in [3.05, 3.63) is 0 Å². The van der Waals surface area contributed by atoms with E-state index in [0.717, 1.165) is 6.54 Å². The van der Waals surface area contributed by atoms with Gasteiger partial charge in [-0.3, -0.25) is 0 Å². The van der Waals surface area contributed by atoms with Gasteiger partial charge in [-0.05, 0) is 13.0 Å². The molecule has 0 amide bonds. The Kier molecular flexibility index (Phi) is 7.48. The molecule has 0 heterocycles. The number of unbranched alkanes of at least 4 members (excludes halogenated alkanes) is 2. The first-order valence-corrected chi connectivity index (χ1v) is 3.72. The topological polar surface area (TPSA) is 12.0 Å². The van der Waals surface area contributed by atoms with Crippen LogP contribution in [0.3, 0.4) is 0 Å². The summed E-state index contributed by atoms with van der Waals surface area (Å²) in [5.74, 6) is 0. The molecule has 2 heteroatoms. The van der Waals surface area contributed by atoms with Gasteiger partial charge >= 0.3 is 0 Å². The maximum absolute atomic E-state index is 5.37. The molecule has 0 radical (unpaired) electrons. The van der Waals surface area contributed by atoms with Crippen LogP contribution in [0.1, 0.15) is 26.2 Å². The zero-order chi connectivity index (χ0) is 6.24. The zero-order valence-electron chi connectivity index (χ0n) is 5.41. The van der Waals surface area contributed by atoms with Gasteiger partial charge < -0.3 is 5.32 Å². The first-order chi connectivity index (χ1) is 3.91. The van der Waals surface area contributed by atoms with Gasteiger partial charge in [0.25, 0.3) is 0 Å². The smallest absolute Gasteiger partial charge is 0.0713 e. The molecule has 0 aliphatic heterocycles. The van der Waals surface area contributed by atoms with Crippen LogP contribution in [0.15, 0.2) is 0 Å². The summed E-state index contributed by atoms with van der Waals surface area (Å²) in [5.41, 5.74) is 0. The Morgan fingerprint density at radius 3 is 2.62 bits per heavy atom. The first-order valence-electron chi connectivity index (χ1n) is 3.18. The third kappa shape index (κ3) is 6.25. The lowest BCUT2D eigenvalue weighted by Gasteiger charge is -1.96. The van der Waals surface area contributed by atoms with Gasteiger partial charge in [0, 0.05) is 0 Å². The molecule has 0 aromatic carbocycles. The fourth-order valence-corrected chi connectivity index (χ4v) is 0.700. The van der Waals surface area contributed by atoms with E-state index in [4.69, 9.17) is 11.6 Å². The standard InChI is InChI=1S/C6H14ClN/c1-2-3-4-5-8-6-7/h8H,2-6H2,1H3. The van der Waals surface area contributed by atoms with Gasteiger partial charge in [0.15, 0.2) is 0 Å². The van der Waals surface area contributed by atoms with Crippen molar-refractivity contribution < 1.29 is 0 Å². The monoisotopic (exact) mass is 135 g/mol. The largest absolute Gasteiger partial charge is 0.304 e. The minimum atomic E-state index is 0.587. The number of alkyl halides is 1. The summed E-state index contributed by atoms with van der Waals surface area (Å²) in [4.78, 5) is 0. The summed E-state index contributed by atoms with van der Waals surface area (Å²) in [6.45, 7) is 3.26. The van der Waals surface area contributed by atoms with Crippen LogP contribution in [-0.2, 0) is 0 Å². The second-order valence-electron chi connectivity index (χ2n) is 1.84. The molecule has 0 bridgehead atoms. The molecule has 0 unspecified atom stereocenters. The molecule has 1 N–H and O–H groups in total. The zero-order valence-corrected chi connectivity index (χ0v) is 6.17. The molecule has 0 aromatic rings. The summed E-state index contributed by atoms with van der Waals surface area (Å²) in [6, 6.07) is 0.587. The average Bonchev–Trinajstić information content (AvgIpc) is 1.81. The van der Waals surface area contributed by atoms with Crippen LogP contribution >= 0.6 is 11.6 Å². The average molecular weight is 136 g/mol. The highest BCUT2D eigenvalue weighted by molar-refractivity contribution is 6.17. The first kappa shape index (κ1) is 8.25. The molecule has 0 aromatic heterocycles. The van der Waals surface area contributed by atoms with Crippen molar-refractivity contribution in [2.75, 3.05) is 12.5 Å². The molecular formula is C6H14ClN. The molecule has 0 spiro atoms. The fraction of sp³-hybridized carbons (Fsp3) is 1.00. The van der Waals surface area contributed by atoms with Crippen molar-refractivity contribution in [3.63, 3.8) is 0 Å². The maximum Gasteiger partial charge on any atom is 0.0713 e. The van der Waals surface area contributed by atoms with Crippen LogP contribution in [0.5, 0.6) is 0 Å². The molecule has 0 aliphatic carbocycles. The van der Waals surface area contributed by atoms with Crippen molar-refractivity contribution >= 4 is 11.6 Å². The van der Waals surface area contributed by atoms with Gasteiger partial charge in [0.05, 0.1) is 6.00 Å². The van der Waals surface area contributed by atoms with Crippen LogP contribution in [0.25, 0.3) is 0 Å². The maximum atomic E-state index is 5.37. The van der Waals surface area contributed by atoms with Crippen molar-refractivity contribution in [2.45, 2.75) is 26.2 Å². The number of hydrogen-bond acceptors (Lipinski definition) is 1. The number of hydrogen-bond donors (Lipinski definition) is 1. The van der Waals surface area contributed by atoms with Gasteiger partial charge in [-0.15, -0.1) is 11.6 Å². The van der Waals surface area contributed by atoms with Crippen LogP contribution in [0.4, 0.5) is 0 Å². The molecular weight excluding hydrogens is 122 g/mol. The Morgan fingerprint density at radius 2 is 2.12 bits per heavy atom. The minimum Gasteiger partial charge on any atom is -0.304 e. The summed E-state index contributed by atoms with van der Waals surface area (Å²) < 4.78 is 0. The summed E-state index contributed by atoms with van der Waals surface area (Å²) in [7, 11) is 0. The molecule has 0 saturated carbocycles. The van der Waals surface area contributed by atoms with Gasteiger partial charge in [0.2, 0.25) is 0 Å². The molecule has 0 saturated heterocycles.